The lowest BCUT2D eigenvalue weighted by molar-refractivity contribution is 0.395. The monoisotopic (exact) mass is 646 g/mol. The molecule has 0 saturated heterocycles. The van der Waals surface area contributed by atoms with Crippen LogP contribution in [0.15, 0.2) is 48.5 Å². The van der Waals surface area contributed by atoms with Crippen LogP contribution >= 0.6 is 0 Å². The largest absolute Gasteiger partial charge is 0.508 e. The second-order valence-corrected chi connectivity index (χ2v) is 13.3. The molecule has 0 aliphatic carbocycles. The number of unbranched alkanes of at least 4 members (excludes halogenated alkanes) is 15. The molecule has 3 rings (SSSR count). The molecule has 0 bridgehead atoms. The van der Waals surface area contributed by atoms with E-state index in [0.717, 1.165) is 74.5 Å². The Morgan fingerprint density at radius 2 is 0.830 bits per heavy atom. The zero-order valence-corrected chi connectivity index (χ0v) is 29.6. The smallest absolute Gasteiger partial charge is 0.172 e. The predicted octanol–water partition coefficient (Wildman–Crippen LogP) is 13.1. The number of aromatic hydroxyl groups is 3. The fourth-order valence-corrected chi connectivity index (χ4v) is 6.25. The van der Waals surface area contributed by atoms with E-state index in [1.54, 1.807) is 30.3 Å². The fraction of sp³-hybridized carbons (Fsp3) is 0.571. The standard InChI is InChI=1S/C42H62O5/c1-4-7-10-13-16-19-22-33-29-36(43)25-27-40(33)46-38-31-35(24-21-18-15-12-9-6-3)42(39(45)32-38)47-41-28-26-37(44)30-34(41)23-20-17-14-11-8-5-2/h25-32,43-45H,4-24H2,1-3H3. The summed E-state index contributed by atoms with van der Waals surface area (Å²) < 4.78 is 12.9. The quantitative estimate of drug-likeness (QED) is 0.0798. The molecule has 3 N–H and O–H groups in total. The molecular formula is C42H62O5. The molecule has 5 nitrogen and oxygen atoms in total. The fourth-order valence-electron chi connectivity index (χ4n) is 6.25. The second kappa shape index (κ2) is 22.3. The van der Waals surface area contributed by atoms with Crippen LogP contribution in [0.5, 0.6) is 40.2 Å². The van der Waals surface area contributed by atoms with E-state index in [0.29, 0.717) is 23.0 Å². The van der Waals surface area contributed by atoms with E-state index in [4.69, 9.17) is 9.47 Å². The lowest BCUT2D eigenvalue weighted by atomic mass is 10.0. The Morgan fingerprint density at radius 1 is 0.426 bits per heavy atom. The minimum atomic E-state index is 0.0401. The van der Waals surface area contributed by atoms with Gasteiger partial charge in [-0.25, -0.2) is 0 Å². The highest BCUT2D eigenvalue weighted by molar-refractivity contribution is 5.55. The van der Waals surface area contributed by atoms with Crippen LogP contribution in [-0.2, 0) is 19.3 Å². The summed E-state index contributed by atoms with van der Waals surface area (Å²) in [6, 6.07) is 14.2. The average Bonchev–Trinajstić information content (AvgIpc) is 3.05. The van der Waals surface area contributed by atoms with Gasteiger partial charge in [-0.05, 0) is 92.1 Å². The molecule has 0 aliphatic heterocycles. The Morgan fingerprint density at radius 3 is 1.30 bits per heavy atom. The second-order valence-electron chi connectivity index (χ2n) is 13.3. The Bertz CT molecular complexity index is 1300. The summed E-state index contributed by atoms with van der Waals surface area (Å²) in [5, 5.41) is 31.9. The molecule has 3 aromatic rings. The van der Waals surface area contributed by atoms with Gasteiger partial charge >= 0.3 is 0 Å². The molecule has 3 aromatic carbocycles. The molecule has 0 aliphatic rings. The van der Waals surface area contributed by atoms with Crippen LogP contribution < -0.4 is 9.47 Å². The molecule has 47 heavy (non-hydrogen) atoms. The zero-order valence-electron chi connectivity index (χ0n) is 29.6. The van der Waals surface area contributed by atoms with Crippen molar-refractivity contribution in [3.63, 3.8) is 0 Å². The van der Waals surface area contributed by atoms with Gasteiger partial charge in [0.25, 0.3) is 0 Å². The van der Waals surface area contributed by atoms with Crippen LogP contribution in [0.1, 0.15) is 153 Å². The molecule has 0 aromatic heterocycles. The number of hydrogen-bond donors (Lipinski definition) is 3. The number of ether oxygens (including phenoxy) is 2. The molecular weight excluding hydrogens is 584 g/mol. The third-order valence-corrected chi connectivity index (χ3v) is 9.05. The van der Waals surface area contributed by atoms with Gasteiger partial charge in [0.2, 0.25) is 0 Å². The third kappa shape index (κ3) is 14.1. The zero-order chi connectivity index (χ0) is 33.7. The van der Waals surface area contributed by atoms with Crippen LogP contribution in [-0.4, -0.2) is 15.3 Å². The van der Waals surface area contributed by atoms with Gasteiger partial charge in [-0.3, -0.25) is 0 Å². The van der Waals surface area contributed by atoms with E-state index in [9.17, 15) is 15.3 Å². The summed E-state index contributed by atoms with van der Waals surface area (Å²) in [4.78, 5) is 0. The van der Waals surface area contributed by atoms with Crippen molar-refractivity contribution in [1.82, 2.24) is 0 Å². The summed E-state index contributed by atoms with van der Waals surface area (Å²) >= 11 is 0. The van der Waals surface area contributed by atoms with Gasteiger partial charge in [-0.15, -0.1) is 0 Å². The Labute approximate surface area is 285 Å². The highest BCUT2D eigenvalue weighted by Gasteiger charge is 2.18. The molecule has 0 atom stereocenters. The van der Waals surface area contributed by atoms with Crippen LogP contribution in [0.4, 0.5) is 0 Å². The first-order valence-corrected chi connectivity index (χ1v) is 18.8. The predicted molar refractivity (Wildman–Crippen MR) is 196 cm³/mol. The van der Waals surface area contributed by atoms with Crippen molar-refractivity contribution in [1.29, 1.82) is 0 Å². The number of hydrogen-bond acceptors (Lipinski definition) is 5. The average molecular weight is 647 g/mol. The molecule has 0 radical (unpaired) electrons. The van der Waals surface area contributed by atoms with Crippen molar-refractivity contribution in [3.05, 3.63) is 65.2 Å². The summed E-state index contributed by atoms with van der Waals surface area (Å²) in [5.74, 6) is 2.89. The van der Waals surface area contributed by atoms with E-state index in [-0.39, 0.29) is 17.2 Å². The number of aryl methyl sites for hydroxylation is 3. The van der Waals surface area contributed by atoms with Crippen LogP contribution in [0.25, 0.3) is 0 Å². The molecule has 0 saturated carbocycles. The van der Waals surface area contributed by atoms with Gasteiger partial charge in [0, 0.05) is 11.6 Å². The molecule has 0 heterocycles. The first-order valence-electron chi connectivity index (χ1n) is 18.8. The summed E-state index contributed by atoms with van der Waals surface area (Å²) in [5.41, 5.74) is 2.83. The van der Waals surface area contributed by atoms with Crippen molar-refractivity contribution in [2.45, 2.75) is 156 Å². The van der Waals surface area contributed by atoms with Crippen LogP contribution in [0.3, 0.4) is 0 Å². The van der Waals surface area contributed by atoms with Gasteiger partial charge in [-0.1, -0.05) is 117 Å². The molecule has 0 spiro atoms. The van der Waals surface area contributed by atoms with Crippen molar-refractivity contribution < 1.29 is 24.8 Å². The molecule has 0 fully saturated rings. The SMILES string of the molecule is CCCCCCCCc1cc(O)ccc1Oc1cc(O)c(Oc2ccc(O)cc2CCCCCCCC)c(CCCCCCCC)c1. The lowest BCUT2D eigenvalue weighted by Gasteiger charge is -2.18. The normalized spacial score (nSPS) is 11.2. The molecule has 5 heteroatoms. The maximum absolute atomic E-state index is 11.4. The Balaban J connectivity index is 1.81. The first-order chi connectivity index (χ1) is 22.9. The van der Waals surface area contributed by atoms with Crippen molar-refractivity contribution in [2.24, 2.45) is 0 Å². The van der Waals surface area contributed by atoms with E-state index in [1.165, 1.54) is 77.0 Å². The molecule has 0 unspecified atom stereocenters. The Kier molecular flexibility index (Phi) is 18.1. The highest BCUT2D eigenvalue weighted by Crippen LogP contribution is 2.42. The first kappa shape index (κ1) is 38.1. The minimum absolute atomic E-state index is 0.0401. The summed E-state index contributed by atoms with van der Waals surface area (Å²) in [6.45, 7) is 6.69. The van der Waals surface area contributed by atoms with E-state index in [1.807, 2.05) is 18.2 Å². The van der Waals surface area contributed by atoms with Crippen molar-refractivity contribution in [3.8, 4) is 40.2 Å². The maximum atomic E-state index is 11.4. The van der Waals surface area contributed by atoms with Crippen LogP contribution in [0, 0.1) is 0 Å². The van der Waals surface area contributed by atoms with Gasteiger partial charge in [0.15, 0.2) is 11.5 Å². The van der Waals surface area contributed by atoms with E-state index >= 15 is 0 Å². The summed E-state index contributed by atoms with van der Waals surface area (Å²) in [6.07, 6.45) is 23.8. The van der Waals surface area contributed by atoms with E-state index in [2.05, 4.69) is 20.8 Å². The van der Waals surface area contributed by atoms with Crippen molar-refractivity contribution in [2.75, 3.05) is 0 Å². The number of rotatable bonds is 25. The van der Waals surface area contributed by atoms with Crippen molar-refractivity contribution >= 4 is 0 Å². The minimum Gasteiger partial charge on any atom is -0.508 e. The van der Waals surface area contributed by atoms with Gasteiger partial charge in [0.1, 0.15) is 28.7 Å². The molecule has 0 amide bonds. The maximum Gasteiger partial charge on any atom is 0.172 e. The van der Waals surface area contributed by atoms with Gasteiger partial charge in [-0.2, -0.15) is 0 Å². The third-order valence-electron chi connectivity index (χ3n) is 9.05. The number of phenols is 3. The highest BCUT2D eigenvalue weighted by atomic mass is 16.5. The van der Waals surface area contributed by atoms with Crippen LogP contribution in [0.2, 0.25) is 0 Å². The number of benzene rings is 3. The van der Waals surface area contributed by atoms with Gasteiger partial charge < -0.3 is 24.8 Å². The summed E-state index contributed by atoms with van der Waals surface area (Å²) in [7, 11) is 0. The van der Waals surface area contributed by atoms with E-state index < -0.39 is 0 Å². The Hall–Kier alpha value is -3.34. The van der Waals surface area contributed by atoms with Gasteiger partial charge in [0.05, 0.1) is 0 Å². The molecule has 260 valence electrons. The number of phenolic OH excluding ortho intramolecular Hbond substituents is 3. The topological polar surface area (TPSA) is 79.2 Å². The lowest BCUT2D eigenvalue weighted by Crippen LogP contribution is -1.99.